The van der Waals surface area contributed by atoms with E-state index in [-0.39, 0.29) is 6.04 Å². The first-order valence-electron chi connectivity index (χ1n) is 6.57. The molecular formula is C16H16N4. The molecule has 4 nitrogen and oxygen atoms in total. The molecule has 3 rings (SSSR count). The summed E-state index contributed by atoms with van der Waals surface area (Å²) in [6.45, 7) is 0. The minimum Gasteiger partial charge on any atom is -0.271 e. The molecule has 2 heterocycles. The largest absolute Gasteiger partial charge is 0.271 e. The minimum absolute atomic E-state index is 0.0339. The van der Waals surface area contributed by atoms with Crippen LogP contribution in [0.15, 0.2) is 60.9 Å². The molecule has 0 bridgehead atoms. The van der Waals surface area contributed by atoms with Crippen molar-refractivity contribution in [2.24, 2.45) is 5.84 Å². The molecule has 100 valence electrons. The Morgan fingerprint density at radius 2 is 1.80 bits per heavy atom. The molecule has 1 atom stereocenters. The maximum absolute atomic E-state index is 5.67. The molecule has 0 aliphatic carbocycles. The third kappa shape index (κ3) is 2.66. The van der Waals surface area contributed by atoms with E-state index in [4.69, 9.17) is 5.84 Å². The zero-order chi connectivity index (χ0) is 13.8. The minimum atomic E-state index is 0.0339. The molecule has 2 aromatic heterocycles. The van der Waals surface area contributed by atoms with Crippen LogP contribution in [-0.2, 0) is 6.42 Å². The zero-order valence-electron chi connectivity index (χ0n) is 11.0. The van der Waals surface area contributed by atoms with Gasteiger partial charge in [0.1, 0.15) is 0 Å². The fourth-order valence-electron chi connectivity index (χ4n) is 2.30. The van der Waals surface area contributed by atoms with Crippen molar-refractivity contribution in [1.82, 2.24) is 15.4 Å². The average Bonchev–Trinajstić information content (AvgIpc) is 2.53. The quantitative estimate of drug-likeness (QED) is 0.561. The lowest BCUT2D eigenvalue weighted by molar-refractivity contribution is 0.546. The van der Waals surface area contributed by atoms with Gasteiger partial charge in [-0.1, -0.05) is 24.3 Å². The van der Waals surface area contributed by atoms with Crippen LogP contribution in [-0.4, -0.2) is 9.97 Å². The van der Waals surface area contributed by atoms with Gasteiger partial charge in [-0.2, -0.15) is 0 Å². The summed E-state index contributed by atoms with van der Waals surface area (Å²) >= 11 is 0. The first-order valence-corrected chi connectivity index (χ1v) is 6.57. The van der Waals surface area contributed by atoms with E-state index in [0.717, 1.165) is 28.6 Å². The molecule has 4 heteroatoms. The van der Waals surface area contributed by atoms with Crippen molar-refractivity contribution in [3.05, 3.63) is 72.2 Å². The number of rotatable bonds is 4. The predicted octanol–water partition coefficient (Wildman–Crippen LogP) is 2.38. The molecule has 1 unspecified atom stereocenters. The number of hydrazine groups is 1. The van der Waals surface area contributed by atoms with Gasteiger partial charge in [-0.25, -0.2) is 0 Å². The number of hydrogen-bond donors (Lipinski definition) is 2. The first kappa shape index (κ1) is 12.7. The van der Waals surface area contributed by atoms with Crippen LogP contribution in [0.4, 0.5) is 0 Å². The van der Waals surface area contributed by atoms with Crippen LogP contribution in [0.25, 0.3) is 10.9 Å². The molecule has 0 fully saturated rings. The molecular weight excluding hydrogens is 248 g/mol. The van der Waals surface area contributed by atoms with E-state index in [0.29, 0.717) is 0 Å². The van der Waals surface area contributed by atoms with Crippen LogP contribution in [0, 0.1) is 0 Å². The molecule has 0 saturated carbocycles. The molecule has 0 aliphatic rings. The van der Waals surface area contributed by atoms with E-state index in [1.807, 2.05) is 36.4 Å². The van der Waals surface area contributed by atoms with Crippen molar-refractivity contribution in [2.75, 3.05) is 0 Å². The summed E-state index contributed by atoms with van der Waals surface area (Å²) in [5, 5.41) is 1.15. The highest BCUT2D eigenvalue weighted by Crippen LogP contribution is 2.18. The van der Waals surface area contributed by atoms with Gasteiger partial charge in [0.25, 0.3) is 0 Å². The van der Waals surface area contributed by atoms with Crippen LogP contribution in [0.5, 0.6) is 0 Å². The summed E-state index contributed by atoms with van der Waals surface area (Å²) in [5.74, 6) is 5.67. The average molecular weight is 264 g/mol. The fourth-order valence-corrected chi connectivity index (χ4v) is 2.30. The van der Waals surface area contributed by atoms with E-state index < -0.39 is 0 Å². The normalized spacial score (nSPS) is 12.4. The summed E-state index contributed by atoms with van der Waals surface area (Å²) in [5.41, 5.74) is 5.98. The second-order valence-electron chi connectivity index (χ2n) is 4.70. The van der Waals surface area contributed by atoms with Crippen molar-refractivity contribution in [3.8, 4) is 0 Å². The van der Waals surface area contributed by atoms with Crippen molar-refractivity contribution in [1.29, 1.82) is 0 Å². The van der Waals surface area contributed by atoms with Crippen molar-refractivity contribution in [3.63, 3.8) is 0 Å². The molecule has 0 radical (unpaired) electrons. The van der Waals surface area contributed by atoms with Gasteiger partial charge in [0, 0.05) is 29.9 Å². The Hall–Kier alpha value is -2.30. The van der Waals surface area contributed by atoms with Crippen molar-refractivity contribution < 1.29 is 0 Å². The van der Waals surface area contributed by atoms with Crippen LogP contribution in [0.3, 0.4) is 0 Å². The highest BCUT2D eigenvalue weighted by molar-refractivity contribution is 5.78. The van der Waals surface area contributed by atoms with E-state index in [9.17, 15) is 0 Å². The molecule has 3 N–H and O–H groups in total. The third-order valence-corrected chi connectivity index (χ3v) is 3.38. The number of fused-ring (bicyclic) bond motifs is 1. The van der Waals surface area contributed by atoms with Gasteiger partial charge < -0.3 is 0 Å². The van der Waals surface area contributed by atoms with Crippen LogP contribution < -0.4 is 11.3 Å². The van der Waals surface area contributed by atoms with Crippen molar-refractivity contribution >= 4 is 10.9 Å². The van der Waals surface area contributed by atoms with Crippen molar-refractivity contribution in [2.45, 2.75) is 12.5 Å². The number of hydrogen-bond acceptors (Lipinski definition) is 4. The Morgan fingerprint density at radius 1 is 1.00 bits per heavy atom. The Labute approximate surface area is 117 Å². The summed E-state index contributed by atoms with van der Waals surface area (Å²) < 4.78 is 0. The standard InChI is InChI=1S/C16H16N4/c17-20-16(13-7-9-18-10-8-13)11-14-6-5-12-3-1-2-4-15(12)19-14/h1-10,16,20H,11,17H2. The van der Waals surface area contributed by atoms with Crippen LogP contribution >= 0.6 is 0 Å². The molecule has 0 amide bonds. The number of nitrogens with zero attached hydrogens (tertiary/aromatic N) is 2. The van der Waals surface area contributed by atoms with Gasteiger partial charge in [0.05, 0.1) is 11.6 Å². The topological polar surface area (TPSA) is 63.8 Å². The van der Waals surface area contributed by atoms with Crippen LogP contribution in [0.2, 0.25) is 0 Å². The monoisotopic (exact) mass is 264 g/mol. The summed E-state index contributed by atoms with van der Waals surface area (Å²) in [4.78, 5) is 8.70. The Balaban J connectivity index is 1.87. The fraction of sp³-hybridized carbons (Fsp3) is 0.125. The Bertz CT molecular complexity index is 697. The van der Waals surface area contributed by atoms with E-state index in [2.05, 4.69) is 27.5 Å². The highest BCUT2D eigenvalue weighted by Gasteiger charge is 2.11. The Kier molecular flexibility index (Phi) is 3.67. The molecule has 20 heavy (non-hydrogen) atoms. The van der Waals surface area contributed by atoms with E-state index in [1.165, 1.54) is 0 Å². The van der Waals surface area contributed by atoms with Gasteiger partial charge in [-0.05, 0) is 29.8 Å². The second kappa shape index (κ2) is 5.77. The molecule has 0 saturated heterocycles. The first-order chi connectivity index (χ1) is 9.86. The van der Waals surface area contributed by atoms with E-state index in [1.54, 1.807) is 12.4 Å². The van der Waals surface area contributed by atoms with Gasteiger partial charge in [-0.15, -0.1) is 0 Å². The number of aromatic nitrogens is 2. The van der Waals surface area contributed by atoms with Gasteiger partial charge in [0.2, 0.25) is 0 Å². The van der Waals surface area contributed by atoms with Crippen LogP contribution in [0.1, 0.15) is 17.3 Å². The summed E-state index contributed by atoms with van der Waals surface area (Å²) in [6, 6.07) is 16.2. The maximum Gasteiger partial charge on any atom is 0.0705 e. The second-order valence-corrected chi connectivity index (χ2v) is 4.70. The van der Waals surface area contributed by atoms with Gasteiger partial charge >= 0.3 is 0 Å². The Morgan fingerprint density at radius 3 is 2.60 bits per heavy atom. The smallest absolute Gasteiger partial charge is 0.0705 e. The number of pyridine rings is 2. The van der Waals surface area contributed by atoms with Gasteiger partial charge in [-0.3, -0.25) is 21.2 Å². The number of benzene rings is 1. The molecule has 0 spiro atoms. The lowest BCUT2D eigenvalue weighted by Gasteiger charge is -2.15. The molecule has 1 aromatic carbocycles. The summed E-state index contributed by atoms with van der Waals surface area (Å²) in [7, 11) is 0. The highest BCUT2D eigenvalue weighted by atomic mass is 15.2. The number of para-hydroxylation sites is 1. The maximum atomic E-state index is 5.67. The molecule has 3 aromatic rings. The van der Waals surface area contributed by atoms with Gasteiger partial charge in [0.15, 0.2) is 0 Å². The van der Waals surface area contributed by atoms with E-state index >= 15 is 0 Å². The number of nitrogens with two attached hydrogens (primary N) is 1. The number of nitrogens with one attached hydrogen (secondary N) is 1. The lowest BCUT2D eigenvalue weighted by Crippen LogP contribution is -2.29. The molecule has 0 aliphatic heterocycles. The zero-order valence-corrected chi connectivity index (χ0v) is 11.0. The third-order valence-electron chi connectivity index (χ3n) is 3.38. The predicted molar refractivity (Wildman–Crippen MR) is 79.7 cm³/mol. The lowest BCUT2D eigenvalue weighted by atomic mass is 10.0. The SMILES string of the molecule is NNC(Cc1ccc2ccccc2n1)c1ccncc1. The summed E-state index contributed by atoms with van der Waals surface area (Å²) in [6.07, 6.45) is 4.28.